The van der Waals surface area contributed by atoms with Gasteiger partial charge >= 0.3 is 6.18 Å². The minimum atomic E-state index is -4.06. The number of halogens is 3. The van der Waals surface area contributed by atoms with E-state index >= 15 is 0 Å². The molecule has 2 unspecified atom stereocenters. The Hall–Kier alpha value is -0.290. The second-order valence-corrected chi connectivity index (χ2v) is 6.32. The Bertz CT molecular complexity index is 278. The van der Waals surface area contributed by atoms with E-state index in [0.29, 0.717) is 24.9 Å². The zero-order valence-corrected chi connectivity index (χ0v) is 12.3. The third-order valence-electron chi connectivity index (χ3n) is 4.38. The number of hydrogen-bond donors (Lipinski definition) is 1. The lowest BCUT2D eigenvalue weighted by Gasteiger charge is -2.43. The number of rotatable bonds is 6. The van der Waals surface area contributed by atoms with Gasteiger partial charge in [0, 0.05) is 24.5 Å². The molecule has 0 aromatic carbocycles. The lowest BCUT2D eigenvalue weighted by molar-refractivity contribution is -0.137. The van der Waals surface area contributed by atoms with Gasteiger partial charge in [-0.1, -0.05) is 13.8 Å². The summed E-state index contributed by atoms with van der Waals surface area (Å²) in [5, 5.41) is 0. The minimum Gasteiger partial charge on any atom is -0.329 e. The van der Waals surface area contributed by atoms with Gasteiger partial charge in [0.05, 0.1) is 0 Å². The van der Waals surface area contributed by atoms with Gasteiger partial charge in [0.25, 0.3) is 0 Å². The van der Waals surface area contributed by atoms with E-state index in [1.54, 1.807) is 0 Å². The summed E-state index contributed by atoms with van der Waals surface area (Å²) >= 11 is 0. The fraction of sp³-hybridized carbons (Fsp3) is 1.00. The van der Waals surface area contributed by atoms with Crippen molar-refractivity contribution in [3.8, 4) is 0 Å². The van der Waals surface area contributed by atoms with Crippen LogP contribution in [0.2, 0.25) is 0 Å². The molecule has 1 aliphatic rings. The van der Waals surface area contributed by atoms with Crippen molar-refractivity contribution in [2.45, 2.75) is 70.6 Å². The van der Waals surface area contributed by atoms with E-state index in [-0.39, 0.29) is 12.0 Å². The molecule has 114 valence electrons. The summed E-state index contributed by atoms with van der Waals surface area (Å²) in [6.07, 6.45) is -1.82. The third kappa shape index (κ3) is 4.63. The predicted molar refractivity (Wildman–Crippen MR) is 71.9 cm³/mol. The molecular weight excluding hydrogens is 253 g/mol. The zero-order valence-electron chi connectivity index (χ0n) is 12.3. The lowest BCUT2D eigenvalue weighted by Crippen LogP contribution is -2.54. The van der Waals surface area contributed by atoms with E-state index < -0.39 is 12.6 Å². The summed E-state index contributed by atoms with van der Waals surface area (Å²) in [6, 6.07) is 0.458. The van der Waals surface area contributed by atoms with Crippen molar-refractivity contribution in [3.05, 3.63) is 0 Å². The van der Waals surface area contributed by atoms with E-state index in [9.17, 15) is 13.2 Å². The van der Waals surface area contributed by atoms with Crippen LogP contribution >= 0.6 is 0 Å². The molecule has 0 spiro atoms. The first-order valence-electron chi connectivity index (χ1n) is 7.23. The topological polar surface area (TPSA) is 29.3 Å². The second-order valence-electron chi connectivity index (χ2n) is 6.32. The van der Waals surface area contributed by atoms with Crippen LogP contribution in [0, 0.1) is 5.92 Å². The van der Waals surface area contributed by atoms with Crippen molar-refractivity contribution in [2.75, 3.05) is 13.1 Å². The first-order valence-corrected chi connectivity index (χ1v) is 7.23. The Balaban J connectivity index is 2.63. The van der Waals surface area contributed by atoms with Crippen LogP contribution in [-0.4, -0.2) is 35.7 Å². The van der Waals surface area contributed by atoms with Crippen molar-refractivity contribution >= 4 is 0 Å². The number of alkyl halides is 3. The molecule has 0 bridgehead atoms. The van der Waals surface area contributed by atoms with Crippen LogP contribution in [0.25, 0.3) is 0 Å². The van der Waals surface area contributed by atoms with Gasteiger partial charge in [-0.25, -0.2) is 0 Å². The Morgan fingerprint density at radius 3 is 2.37 bits per heavy atom. The predicted octanol–water partition coefficient (Wildman–Crippen LogP) is 3.56. The van der Waals surface area contributed by atoms with Crippen LogP contribution in [-0.2, 0) is 0 Å². The van der Waals surface area contributed by atoms with Gasteiger partial charge < -0.3 is 5.73 Å². The van der Waals surface area contributed by atoms with E-state index in [2.05, 4.69) is 18.7 Å². The SMILES string of the molecule is CC(C)C1CCCN1C(C)(CN)CCCC(F)(F)F. The first-order chi connectivity index (χ1) is 8.69. The minimum absolute atomic E-state index is 0.165. The van der Waals surface area contributed by atoms with E-state index in [1.807, 2.05) is 6.92 Å². The van der Waals surface area contributed by atoms with E-state index in [0.717, 1.165) is 19.4 Å². The summed E-state index contributed by atoms with van der Waals surface area (Å²) in [6.45, 7) is 7.76. The molecule has 0 aliphatic carbocycles. The summed E-state index contributed by atoms with van der Waals surface area (Å²) < 4.78 is 36.8. The maximum absolute atomic E-state index is 12.3. The van der Waals surface area contributed by atoms with Gasteiger partial charge in [0.2, 0.25) is 0 Å². The molecule has 1 rings (SSSR count). The molecule has 0 amide bonds. The molecule has 2 nitrogen and oxygen atoms in total. The van der Waals surface area contributed by atoms with Gasteiger partial charge in [-0.2, -0.15) is 13.2 Å². The van der Waals surface area contributed by atoms with Crippen LogP contribution < -0.4 is 5.73 Å². The third-order valence-corrected chi connectivity index (χ3v) is 4.38. The molecule has 0 aromatic heterocycles. The second kappa shape index (κ2) is 6.44. The molecule has 19 heavy (non-hydrogen) atoms. The first kappa shape index (κ1) is 16.8. The van der Waals surface area contributed by atoms with Crippen LogP contribution in [0.3, 0.4) is 0 Å². The Morgan fingerprint density at radius 1 is 1.26 bits per heavy atom. The molecular formula is C14H27F3N2. The molecule has 2 N–H and O–H groups in total. The molecule has 1 aliphatic heterocycles. The molecule has 2 atom stereocenters. The highest BCUT2D eigenvalue weighted by Gasteiger charge is 2.39. The Morgan fingerprint density at radius 2 is 1.89 bits per heavy atom. The Labute approximate surface area is 114 Å². The van der Waals surface area contributed by atoms with Crippen molar-refractivity contribution in [3.63, 3.8) is 0 Å². The average molecular weight is 280 g/mol. The van der Waals surface area contributed by atoms with Crippen molar-refractivity contribution < 1.29 is 13.2 Å². The molecule has 0 radical (unpaired) electrons. The molecule has 0 saturated carbocycles. The van der Waals surface area contributed by atoms with Gasteiger partial charge in [0.1, 0.15) is 0 Å². The van der Waals surface area contributed by atoms with E-state index in [4.69, 9.17) is 5.73 Å². The van der Waals surface area contributed by atoms with Crippen LogP contribution in [0.1, 0.15) is 52.9 Å². The number of likely N-dealkylation sites (tertiary alicyclic amines) is 1. The fourth-order valence-corrected chi connectivity index (χ4v) is 3.19. The molecule has 1 heterocycles. The molecule has 0 aromatic rings. The zero-order chi connectivity index (χ0) is 14.7. The summed E-state index contributed by atoms with van der Waals surface area (Å²) in [5.41, 5.74) is 5.58. The van der Waals surface area contributed by atoms with Crippen molar-refractivity contribution in [1.29, 1.82) is 0 Å². The van der Waals surface area contributed by atoms with E-state index in [1.165, 1.54) is 0 Å². The van der Waals surface area contributed by atoms with Crippen LogP contribution in [0.5, 0.6) is 0 Å². The maximum atomic E-state index is 12.3. The highest BCUT2D eigenvalue weighted by Crippen LogP contribution is 2.34. The summed E-state index contributed by atoms with van der Waals surface area (Å²) in [7, 11) is 0. The van der Waals surface area contributed by atoms with Gasteiger partial charge in [-0.15, -0.1) is 0 Å². The summed E-state index contributed by atoms with van der Waals surface area (Å²) in [4.78, 5) is 2.36. The number of hydrogen-bond acceptors (Lipinski definition) is 2. The van der Waals surface area contributed by atoms with Gasteiger partial charge in [0.15, 0.2) is 0 Å². The smallest absolute Gasteiger partial charge is 0.329 e. The van der Waals surface area contributed by atoms with Crippen molar-refractivity contribution in [1.82, 2.24) is 4.90 Å². The quantitative estimate of drug-likeness (QED) is 0.806. The van der Waals surface area contributed by atoms with Crippen LogP contribution in [0.4, 0.5) is 13.2 Å². The summed E-state index contributed by atoms with van der Waals surface area (Å²) in [5.74, 6) is 0.524. The molecule has 5 heteroatoms. The molecule has 1 saturated heterocycles. The van der Waals surface area contributed by atoms with Crippen molar-refractivity contribution in [2.24, 2.45) is 11.7 Å². The lowest BCUT2D eigenvalue weighted by atomic mass is 9.89. The fourth-order valence-electron chi connectivity index (χ4n) is 3.19. The highest BCUT2D eigenvalue weighted by atomic mass is 19.4. The average Bonchev–Trinajstić information content (AvgIpc) is 2.76. The van der Waals surface area contributed by atoms with Crippen LogP contribution in [0.15, 0.2) is 0 Å². The largest absolute Gasteiger partial charge is 0.389 e. The maximum Gasteiger partial charge on any atom is 0.389 e. The van der Waals surface area contributed by atoms with Gasteiger partial charge in [-0.05, 0) is 45.1 Å². The Kier molecular flexibility index (Phi) is 5.68. The standard InChI is InChI=1S/C14H27F3N2/c1-11(2)12-6-4-9-19(12)13(3,10-18)7-5-8-14(15,16)17/h11-12H,4-10,18H2,1-3H3. The normalized spacial score (nSPS) is 24.9. The monoisotopic (exact) mass is 280 g/mol. The van der Waals surface area contributed by atoms with Gasteiger partial charge in [-0.3, -0.25) is 4.90 Å². The number of nitrogens with zero attached hydrogens (tertiary/aromatic N) is 1. The highest BCUT2D eigenvalue weighted by molar-refractivity contribution is 4.95. The number of nitrogens with two attached hydrogens (primary N) is 1. The molecule has 1 fully saturated rings.